The highest BCUT2D eigenvalue weighted by Gasteiger charge is 2.35. The van der Waals surface area contributed by atoms with Gasteiger partial charge in [0.15, 0.2) is 5.69 Å². The van der Waals surface area contributed by atoms with Crippen LogP contribution in [0.1, 0.15) is 29.2 Å². The van der Waals surface area contributed by atoms with E-state index in [1.807, 2.05) is 0 Å². The van der Waals surface area contributed by atoms with E-state index in [-0.39, 0.29) is 46.0 Å². The van der Waals surface area contributed by atoms with Gasteiger partial charge in [-0.2, -0.15) is 18.3 Å². The lowest BCUT2D eigenvalue weighted by molar-refractivity contribution is -0.141. The Labute approximate surface area is 220 Å². The van der Waals surface area contributed by atoms with E-state index in [9.17, 15) is 18.0 Å². The first-order chi connectivity index (χ1) is 16.5. The Hall–Kier alpha value is -3.20. The van der Waals surface area contributed by atoms with Gasteiger partial charge in [-0.25, -0.2) is 4.68 Å². The zero-order valence-corrected chi connectivity index (χ0v) is 19.9. The van der Waals surface area contributed by atoms with Crippen LogP contribution in [0, 0.1) is 0 Å². The summed E-state index contributed by atoms with van der Waals surface area (Å²) in [4.78, 5) is 11.3. The summed E-state index contributed by atoms with van der Waals surface area (Å²) in [5, 5.41) is 4.17. The summed E-state index contributed by atoms with van der Waals surface area (Å²) in [6, 6.07) is 17.1. The summed E-state index contributed by atoms with van der Waals surface area (Å²) >= 11 is 18.5. The molecule has 0 spiro atoms. The van der Waals surface area contributed by atoms with Crippen molar-refractivity contribution >= 4 is 40.7 Å². The Morgan fingerprint density at radius 1 is 0.917 bits per heavy atom. The summed E-state index contributed by atoms with van der Waals surface area (Å²) in [5.74, 6) is -0.225. The van der Waals surface area contributed by atoms with Gasteiger partial charge in [0.2, 0.25) is 5.91 Å². The Balaban J connectivity index is 0.00000361. The number of alkyl halides is 3. The number of hydrogen-bond donors (Lipinski definition) is 1. The van der Waals surface area contributed by atoms with E-state index in [0.29, 0.717) is 5.75 Å². The topological polar surface area (TPSA) is 70.1 Å². The predicted octanol–water partition coefficient (Wildman–Crippen LogP) is 7.83. The van der Waals surface area contributed by atoms with Gasteiger partial charge in [-0.05, 0) is 53.6 Å². The van der Waals surface area contributed by atoms with Crippen LogP contribution in [0.3, 0.4) is 0 Å². The summed E-state index contributed by atoms with van der Waals surface area (Å²) in [6.07, 6.45) is -4.67. The molecule has 0 saturated carbocycles. The standard InChI is InChI=1S/C24H15Cl3F3N3O2.CH4/c25-18-2-1-3-19(26)22(18)33-15(11-21(32-33)24(28,29)30)12-35-16-7-4-13(5-8-16)14-6-9-17(23(31)34)20(27)10-14;/h1-11H,12H2,(H2,31,34);1H4. The van der Waals surface area contributed by atoms with Crippen molar-refractivity contribution in [3.05, 3.63) is 98.7 Å². The van der Waals surface area contributed by atoms with Crippen LogP contribution in [0.15, 0.2) is 66.7 Å². The zero-order chi connectivity index (χ0) is 25.3. The number of nitrogens with two attached hydrogens (primary N) is 1. The molecule has 4 aromatic rings. The number of rotatable bonds is 6. The van der Waals surface area contributed by atoms with Crippen LogP contribution in [0.2, 0.25) is 15.1 Å². The van der Waals surface area contributed by atoms with Crippen molar-refractivity contribution in [1.29, 1.82) is 0 Å². The van der Waals surface area contributed by atoms with Crippen LogP contribution >= 0.6 is 34.8 Å². The average Bonchev–Trinajstić information content (AvgIpc) is 3.22. The van der Waals surface area contributed by atoms with E-state index in [1.165, 1.54) is 18.2 Å². The fraction of sp³-hybridized carbons (Fsp3) is 0.120. The van der Waals surface area contributed by atoms with Crippen LogP contribution in [0.4, 0.5) is 13.2 Å². The predicted molar refractivity (Wildman–Crippen MR) is 135 cm³/mol. The molecule has 1 amide bonds. The number of aromatic nitrogens is 2. The molecule has 0 saturated heterocycles. The summed E-state index contributed by atoms with van der Waals surface area (Å²) in [7, 11) is 0. The van der Waals surface area contributed by atoms with Gasteiger partial charge >= 0.3 is 6.18 Å². The normalized spacial score (nSPS) is 11.2. The van der Waals surface area contributed by atoms with E-state index < -0.39 is 17.8 Å². The van der Waals surface area contributed by atoms with Crippen molar-refractivity contribution in [2.45, 2.75) is 20.2 Å². The molecule has 1 heterocycles. The second-order valence-corrected chi connectivity index (χ2v) is 8.59. The van der Waals surface area contributed by atoms with Crippen molar-refractivity contribution in [2.24, 2.45) is 5.73 Å². The van der Waals surface area contributed by atoms with Gasteiger partial charge in [-0.1, -0.05) is 66.5 Å². The fourth-order valence-corrected chi connectivity index (χ4v) is 4.17. The van der Waals surface area contributed by atoms with E-state index in [1.54, 1.807) is 42.5 Å². The molecule has 1 aromatic heterocycles. The number of amides is 1. The Morgan fingerprint density at radius 3 is 2.08 bits per heavy atom. The van der Waals surface area contributed by atoms with Crippen molar-refractivity contribution in [1.82, 2.24) is 9.78 Å². The van der Waals surface area contributed by atoms with E-state index in [0.717, 1.165) is 21.9 Å². The van der Waals surface area contributed by atoms with E-state index in [4.69, 9.17) is 45.3 Å². The molecule has 4 rings (SSSR count). The van der Waals surface area contributed by atoms with Gasteiger partial charge in [-0.15, -0.1) is 0 Å². The number of halogens is 6. The molecular formula is C25H19Cl3F3N3O2. The van der Waals surface area contributed by atoms with Crippen LogP contribution < -0.4 is 10.5 Å². The average molecular weight is 557 g/mol. The molecule has 5 nitrogen and oxygen atoms in total. The molecule has 0 atom stereocenters. The maximum absolute atomic E-state index is 13.3. The second kappa shape index (κ2) is 10.8. The highest BCUT2D eigenvalue weighted by atomic mass is 35.5. The second-order valence-electron chi connectivity index (χ2n) is 7.37. The number of carbonyl (C=O) groups is 1. The summed E-state index contributed by atoms with van der Waals surface area (Å²) in [5.41, 5.74) is 6.13. The zero-order valence-electron chi connectivity index (χ0n) is 17.6. The lowest BCUT2D eigenvalue weighted by Crippen LogP contribution is -2.11. The van der Waals surface area contributed by atoms with Crippen molar-refractivity contribution in [3.63, 3.8) is 0 Å². The highest BCUT2D eigenvalue weighted by Crippen LogP contribution is 2.34. The molecule has 188 valence electrons. The maximum atomic E-state index is 13.3. The molecule has 0 fully saturated rings. The monoisotopic (exact) mass is 555 g/mol. The first-order valence-electron chi connectivity index (χ1n) is 9.97. The van der Waals surface area contributed by atoms with Crippen molar-refractivity contribution < 1.29 is 22.7 Å². The fourth-order valence-electron chi connectivity index (χ4n) is 3.34. The molecule has 0 aliphatic carbocycles. The number of nitrogens with zero attached hydrogens (tertiary/aromatic N) is 2. The molecule has 0 unspecified atom stereocenters. The van der Waals surface area contributed by atoms with Gasteiger partial charge in [-0.3, -0.25) is 4.79 Å². The molecule has 2 N–H and O–H groups in total. The van der Waals surface area contributed by atoms with Gasteiger partial charge in [0, 0.05) is 0 Å². The molecule has 0 radical (unpaired) electrons. The van der Waals surface area contributed by atoms with Crippen molar-refractivity contribution in [3.8, 4) is 22.6 Å². The lowest BCUT2D eigenvalue weighted by Gasteiger charge is -2.12. The van der Waals surface area contributed by atoms with E-state index >= 15 is 0 Å². The SMILES string of the molecule is C.NC(=O)c1ccc(-c2ccc(OCc3cc(C(F)(F)F)nn3-c3c(Cl)cccc3Cl)cc2)cc1Cl. The molecule has 36 heavy (non-hydrogen) atoms. The Morgan fingerprint density at radius 2 is 1.53 bits per heavy atom. The number of primary amides is 1. The van der Waals surface area contributed by atoms with Crippen LogP contribution in [-0.4, -0.2) is 15.7 Å². The third-order valence-electron chi connectivity index (χ3n) is 5.03. The maximum Gasteiger partial charge on any atom is 0.435 e. The number of para-hydroxylation sites is 1. The molecule has 11 heteroatoms. The number of carbonyl (C=O) groups excluding carboxylic acids is 1. The largest absolute Gasteiger partial charge is 0.487 e. The third kappa shape index (κ3) is 5.78. The Bertz CT molecular complexity index is 1380. The number of benzene rings is 3. The number of ether oxygens (including phenoxy) is 1. The van der Waals surface area contributed by atoms with Crippen molar-refractivity contribution in [2.75, 3.05) is 0 Å². The molecule has 0 bridgehead atoms. The first-order valence-corrected chi connectivity index (χ1v) is 11.1. The number of hydrogen-bond acceptors (Lipinski definition) is 3. The first kappa shape index (κ1) is 27.4. The van der Waals surface area contributed by atoms with Gasteiger partial charge in [0.25, 0.3) is 0 Å². The quantitative estimate of drug-likeness (QED) is 0.263. The minimum atomic E-state index is -4.67. The van der Waals surface area contributed by atoms with Crippen LogP contribution in [0.5, 0.6) is 5.75 Å². The van der Waals surface area contributed by atoms with Gasteiger partial charge in [0.1, 0.15) is 18.0 Å². The molecule has 3 aromatic carbocycles. The van der Waals surface area contributed by atoms with Gasteiger partial charge in [0.05, 0.1) is 26.3 Å². The van der Waals surface area contributed by atoms with E-state index in [2.05, 4.69) is 5.10 Å². The summed E-state index contributed by atoms with van der Waals surface area (Å²) in [6.45, 7) is -0.233. The lowest BCUT2D eigenvalue weighted by atomic mass is 10.0. The summed E-state index contributed by atoms with van der Waals surface area (Å²) < 4.78 is 46.8. The third-order valence-corrected chi connectivity index (χ3v) is 5.95. The highest BCUT2D eigenvalue weighted by molar-refractivity contribution is 6.37. The molecule has 0 aliphatic rings. The van der Waals surface area contributed by atoms with Crippen LogP contribution in [0.25, 0.3) is 16.8 Å². The minimum absolute atomic E-state index is 0. The van der Waals surface area contributed by atoms with Gasteiger partial charge < -0.3 is 10.5 Å². The smallest absolute Gasteiger partial charge is 0.435 e. The van der Waals surface area contributed by atoms with Crippen LogP contribution in [-0.2, 0) is 12.8 Å². The molecular weight excluding hydrogens is 538 g/mol. The molecule has 0 aliphatic heterocycles. The minimum Gasteiger partial charge on any atom is -0.487 e. The Kier molecular flexibility index (Phi) is 8.23.